The van der Waals surface area contributed by atoms with Crippen LogP contribution in [0.2, 0.25) is 0 Å². The summed E-state index contributed by atoms with van der Waals surface area (Å²) in [5, 5.41) is 10.3. The molecule has 0 aliphatic rings. The zero-order valence-corrected chi connectivity index (χ0v) is 16.6. The van der Waals surface area contributed by atoms with Crippen molar-refractivity contribution in [2.75, 3.05) is 6.61 Å². The van der Waals surface area contributed by atoms with Crippen molar-refractivity contribution in [3.8, 4) is 11.5 Å². The Balaban J connectivity index is 2.41. The van der Waals surface area contributed by atoms with Crippen LogP contribution < -0.4 is 4.74 Å². The molecule has 0 saturated carbocycles. The number of halogens is 3. The van der Waals surface area contributed by atoms with Crippen molar-refractivity contribution in [3.05, 3.63) is 22.3 Å². The molecule has 1 N–H and O–H groups in total. The molecule has 0 fully saturated rings. The lowest BCUT2D eigenvalue weighted by molar-refractivity contribution is -0.135. The van der Waals surface area contributed by atoms with Gasteiger partial charge in [-0.3, -0.25) is 0 Å². The SMILES string of the molecule is CCCc1c(C)c(O)c(C)c(C)c1OCCCCCCCCC(F)(F)F. The molecule has 0 bridgehead atoms. The molecule has 1 aromatic carbocycles. The minimum Gasteiger partial charge on any atom is -0.507 e. The van der Waals surface area contributed by atoms with E-state index in [1.807, 2.05) is 20.8 Å². The van der Waals surface area contributed by atoms with Crippen LogP contribution in [-0.4, -0.2) is 17.9 Å². The summed E-state index contributed by atoms with van der Waals surface area (Å²) in [7, 11) is 0. The second kappa shape index (κ2) is 10.7. The van der Waals surface area contributed by atoms with Crippen LogP contribution >= 0.6 is 0 Å². The van der Waals surface area contributed by atoms with Gasteiger partial charge in [-0.25, -0.2) is 0 Å². The van der Waals surface area contributed by atoms with Crippen molar-refractivity contribution in [3.63, 3.8) is 0 Å². The van der Waals surface area contributed by atoms with Crippen LogP contribution in [0.1, 0.15) is 80.5 Å². The minimum absolute atomic E-state index is 0.228. The standard InChI is InChI=1S/C21H33F3O2/c1-5-12-18-17(4)19(25)15(2)16(3)20(18)26-14-11-9-7-6-8-10-13-21(22,23)24/h25H,5-14H2,1-4H3. The molecule has 0 saturated heterocycles. The first-order valence-corrected chi connectivity index (χ1v) is 9.70. The van der Waals surface area contributed by atoms with E-state index in [-0.39, 0.29) is 6.42 Å². The van der Waals surface area contributed by atoms with E-state index in [0.29, 0.717) is 18.8 Å². The average Bonchev–Trinajstić information content (AvgIpc) is 2.57. The van der Waals surface area contributed by atoms with Gasteiger partial charge in [0.2, 0.25) is 0 Å². The van der Waals surface area contributed by atoms with E-state index in [0.717, 1.165) is 66.5 Å². The molecule has 26 heavy (non-hydrogen) atoms. The maximum atomic E-state index is 12.1. The van der Waals surface area contributed by atoms with E-state index in [4.69, 9.17) is 4.74 Å². The Kier molecular flexibility index (Phi) is 9.31. The molecule has 0 heterocycles. The minimum atomic E-state index is -4.03. The molecule has 1 rings (SSSR count). The van der Waals surface area contributed by atoms with Gasteiger partial charge in [0.15, 0.2) is 0 Å². The van der Waals surface area contributed by atoms with Crippen molar-refractivity contribution in [1.82, 2.24) is 0 Å². The molecule has 0 aromatic heterocycles. The molecule has 5 heteroatoms. The van der Waals surface area contributed by atoms with Gasteiger partial charge in [-0.15, -0.1) is 0 Å². The lowest BCUT2D eigenvalue weighted by Crippen LogP contribution is -2.06. The van der Waals surface area contributed by atoms with Crippen molar-refractivity contribution in [1.29, 1.82) is 0 Å². The van der Waals surface area contributed by atoms with Crippen LogP contribution in [0.4, 0.5) is 13.2 Å². The van der Waals surface area contributed by atoms with E-state index in [1.54, 1.807) is 0 Å². The van der Waals surface area contributed by atoms with E-state index in [1.165, 1.54) is 0 Å². The fourth-order valence-corrected chi connectivity index (χ4v) is 3.22. The normalized spacial score (nSPS) is 11.8. The molecule has 0 aliphatic heterocycles. The monoisotopic (exact) mass is 374 g/mol. The van der Waals surface area contributed by atoms with Crippen molar-refractivity contribution in [2.45, 2.75) is 91.7 Å². The van der Waals surface area contributed by atoms with Crippen LogP contribution in [0.25, 0.3) is 0 Å². The summed E-state index contributed by atoms with van der Waals surface area (Å²) in [5.74, 6) is 1.25. The first-order valence-electron chi connectivity index (χ1n) is 9.70. The first kappa shape index (κ1) is 22.7. The van der Waals surface area contributed by atoms with Gasteiger partial charge in [0.1, 0.15) is 11.5 Å². The lowest BCUT2D eigenvalue weighted by Gasteiger charge is -2.20. The van der Waals surface area contributed by atoms with Gasteiger partial charge in [-0.1, -0.05) is 39.0 Å². The van der Waals surface area contributed by atoms with E-state index in [9.17, 15) is 18.3 Å². The smallest absolute Gasteiger partial charge is 0.389 e. The highest BCUT2D eigenvalue weighted by molar-refractivity contribution is 5.57. The van der Waals surface area contributed by atoms with Gasteiger partial charge in [0.25, 0.3) is 0 Å². The molecular weight excluding hydrogens is 341 g/mol. The molecule has 0 atom stereocenters. The molecule has 0 unspecified atom stereocenters. The zero-order valence-electron chi connectivity index (χ0n) is 16.6. The van der Waals surface area contributed by atoms with Crippen LogP contribution in [0.15, 0.2) is 0 Å². The molecule has 0 radical (unpaired) electrons. The number of hydrogen-bond donors (Lipinski definition) is 1. The molecular formula is C21H33F3O2. The van der Waals surface area contributed by atoms with Crippen LogP contribution in [0.5, 0.6) is 11.5 Å². The average molecular weight is 374 g/mol. The Bertz CT molecular complexity index is 566. The Hall–Kier alpha value is -1.39. The molecule has 150 valence electrons. The third-order valence-electron chi connectivity index (χ3n) is 4.94. The van der Waals surface area contributed by atoms with Crippen molar-refractivity contribution < 1.29 is 23.0 Å². The molecule has 0 aliphatic carbocycles. The number of phenols is 1. The highest BCUT2D eigenvalue weighted by atomic mass is 19.4. The summed E-state index contributed by atoms with van der Waals surface area (Å²) in [5.41, 5.74) is 3.83. The third-order valence-corrected chi connectivity index (χ3v) is 4.94. The fraction of sp³-hybridized carbons (Fsp3) is 0.714. The Morgan fingerprint density at radius 1 is 0.846 bits per heavy atom. The van der Waals surface area contributed by atoms with Gasteiger partial charge in [-0.05, 0) is 56.7 Å². The van der Waals surface area contributed by atoms with Gasteiger partial charge in [0.05, 0.1) is 6.61 Å². The van der Waals surface area contributed by atoms with E-state index >= 15 is 0 Å². The first-order chi connectivity index (χ1) is 12.2. The third kappa shape index (κ3) is 7.08. The van der Waals surface area contributed by atoms with Crippen molar-refractivity contribution in [2.24, 2.45) is 0 Å². The van der Waals surface area contributed by atoms with E-state index in [2.05, 4.69) is 6.92 Å². The van der Waals surface area contributed by atoms with Gasteiger partial charge < -0.3 is 9.84 Å². The second-order valence-electron chi connectivity index (χ2n) is 7.12. The lowest BCUT2D eigenvalue weighted by atomic mass is 9.95. The number of unbranched alkanes of at least 4 members (excludes halogenated alkanes) is 5. The number of benzene rings is 1. The largest absolute Gasteiger partial charge is 0.507 e. The predicted octanol–water partition coefficient (Wildman–Crippen LogP) is 6.94. The summed E-state index contributed by atoms with van der Waals surface area (Å²) in [6, 6.07) is 0. The molecule has 1 aromatic rings. The predicted molar refractivity (Wildman–Crippen MR) is 100 cm³/mol. The Labute approximate surface area is 155 Å². The van der Waals surface area contributed by atoms with Gasteiger partial charge >= 0.3 is 6.18 Å². The number of aromatic hydroxyl groups is 1. The Morgan fingerprint density at radius 3 is 2.00 bits per heavy atom. The summed E-state index contributed by atoms with van der Waals surface area (Å²) in [6.07, 6.45) is 1.66. The van der Waals surface area contributed by atoms with Gasteiger partial charge in [-0.2, -0.15) is 13.2 Å². The topological polar surface area (TPSA) is 29.5 Å². The molecule has 2 nitrogen and oxygen atoms in total. The van der Waals surface area contributed by atoms with Gasteiger partial charge in [0, 0.05) is 12.0 Å². The zero-order chi connectivity index (χ0) is 19.7. The van der Waals surface area contributed by atoms with Crippen molar-refractivity contribution >= 4 is 0 Å². The van der Waals surface area contributed by atoms with E-state index < -0.39 is 12.6 Å². The summed E-state index contributed by atoms with van der Waals surface area (Å²) < 4.78 is 42.2. The highest BCUT2D eigenvalue weighted by Gasteiger charge is 2.25. The van der Waals surface area contributed by atoms with Crippen LogP contribution in [0.3, 0.4) is 0 Å². The van der Waals surface area contributed by atoms with Crippen LogP contribution in [0, 0.1) is 20.8 Å². The number of ether oxygens (including phenoxy) is 1. The number of phenolic OH excluding ortho intramolecular Hbond substituents is 1. The summed E-state index contributed by atoms with van der Waals surface area (Å²) >= 11 is 0. The summed E-state index contributed by atoms with van der Waals surface area (Å²) in [6.45, 7) is 8.52. The highest BCUT2D eigenvalue weighted by Crippen LogP contribution is 2.37. The quantitative estimate of drug-likeness (QED) is 0.425. The summed E-state index contributed by atoms with van der Waals surface area (Å²) in [4.78, 5) is 0. The maximum Gasteiger partial charge on any atom is 0.389 e. The Morgan fingerprint density at radius 2 is 1.42 bits per heavy atom. The molecule has 0 spiro atoms. The van der Waals surface area contributed by atoms with Crippen LogP contribution in [-0.2, 0) is 6.42 Å². The second-order valence-corrected chi connectivity index (χ2v) is 7.12. The number of hydrogen-bond acceptors (Lipinski definition) is 2. The fourth-order valence-electron chi connectivity index (χ4n) is 3.22. The molecule has 0 amide bonds. The maximum absolute atomic E-state index is 12.1. The number of alkyl halides is 3. The number of rotatable bonds is 11.